The van der Waals surface area contributed by atoms with E-state index in [2.05, 4.69) is 36.7 Å². The summed E-state index contributed by atoms with van der Waals surface area (Å²) in [6.07, 6.45) is 11.4. The Balaban J connectivity index is 3.14. The van der Waals surface area contributed by atoms with Crippen LogP contribution in [0.5, 0.6) is 0 Å². The molecule has 84 valence electrons. The maximum Gasteiger partial charge on any atom is 0.0711 e. The predicted molar refractivity (Wildman–Crippen MR) is 70.6 cm³/mol. The molecule has 1 aliphatic heterocycles. The van der Waals surface area contributed by atoms with Crippen molar-refractivity contribution in [2.45, 2.75) is 13.0 Å². The van der Waals surface area contributed by atoms with E-state index in [-0.39, 0.29) is 6.04 Å². The first-order chi connectivity index (χ1) is 7.78. The normalized spacial score (nSPS) is 21.1. The fourth-order valence-electron chi connectivity index (χ4n) is 1.65. The summed E-state index contributed by atoms with van der Waals surface area (Å²) >= 11 is 0. The van der Waals surface area contributed by atoms with Gasteiger partial charge in [-0.2, -0.15) is 0 Å². The largest absolute Gasteiger partial charge is 0.320 e. The molecular formula is C14H18N2. The van der Waals surface area contributed by atoms with Gasteiger partial charge in [-0.3, -0.25) is 0 Å². The molecule has 0 aromatic carbocycles. The Morgan fingerprint density at radius 3 is 2.56 bits per heavy atom. The SMILES string of the molecule is C=C/C=C(\C=C)C1=C(C=C)C(/C=C\C)NN1. The van der Waals surface area contributed by atoms with E-state index in [0.29, 0.717) is 0 Å². The van der Waals surface area contributed by atoms with Crippen molar-refractivity contribution < 1.29 is 0 Å². The maximum atomic E-state index is 3.84. The van der Waals surface area contributed by atoms with Crippen LogP contribution in [0.1, 0.15) is 6.92 Å². The summed E-state index contributed by atoms with van der Waals surface area (Å²) in [5.74, 6) is 0. The number of hydrogen-bond donors (Lipinski definition) is 2. The molecule has 1 aliphatic rings. The molecule has 0 aliphatic carbocycles. The minimum absolute atomic E-state index is 0.158. The number of allylic oxidation sites excluding steroid dienone is 4. The molecule has 0 saturated heterocycles. The van der Waals surface area contributed by atoms with Gasteiger partial charge >= 0.3 is 0 Å². The highest BCUT2D eigenvalue weighted by Gasteiger charge is 2.21. The van der Waals surface area contributed by atoms with Crippen LogP contribution < -0.4 is 10.9 Å². The van der Waals surface area contributed by atoms with Crippen molar-refractivity contribution in [3.8, 4) is 0 Å². The minimum atomic E-state index is 0.158. The van der Waals surface area contributed by atoms with Crippen molar-refractivity contribution >= 4 is 0 Å². The van der Waals surface area contributed by atoms with Gasteiger partial charge in [0.15, 0.2) is 0 Å². The summed E-state index contributed by atoms with van der Waals surface area (Å²) in [7, 11) is 0. The minimum Gasteiger partial charge on any atom is -0.320 e. The summed E-state index contributed by atoms with van der Waals surface area (Å²) < 4.78 is 0. The van der Waals surface area contributed by atoms with Crippen LogP contribution in [0.3, 0.4) is 0 Å². The van der Waals surface area contributed by atoms with Gasteiger partial charge in [0.2, 0.25) is 0 Å². The van der Waals surface area contributed by atoms with E-state index in [9.17, 15) is 0 Å². The fourth-order valence-corrected chi connectivity index (χ4v) is 1.65. The average molecular weight is 214 g/mol. The third-order valence-electron chi connectivity index (χ3n) is 2.39. The Kier molecular flexibility index (Phi) is 4.55. The Bertz CT molecular complexity index is 384. The van der Waals surface area contributed by atoms with Gasteiger partial charge in [-0.25, -0.2) is 5.43 Å². The second kappa shape index (κ2) is 5.93. The maximum absolute atomic E-state index is 3.84. The topological polar surface area (TPSA) is 24.1 Å². The van der Waals surface area contributed by atoms with E-state index in [4.69, 9.17) is 0 Å². The Labute approximate surface area is 97.4 Å². The van der Waals surface area contributed by atoms with Crippen molar-refractivity contribution in [3.05, 3.63) is 73.0 Å². The Morgan fingerprint density at radius 2 is 2.06 bits per heavy atom. The highest BCUT2D eigenvalue weighted by atomic mass is 15.4. The summed E-state index contributed by atoms with van der Waals surface area (Å²) in [5.41, 5.74) is 9.45. The predicted octanol–water partition coefficient (Wildman–Crippen LogP) is 2.78. The van der Waals surface area contributed by atoms with Gasteiger partial charge in [0.1, 0.15) is 0 Å². The second-order valence-corrected chi connectivity index (χ2v) is 3.37. The highest BCUT2D eigenvalue weighted by Crippen LogP contribution is 2.21. The molecule has 16 heavy (non-hydrogen) atoms. The summed E-state index contributed by atoms with van der Waals surface area (Å²) in [5, 5.41) is 0. The average Bonchev–Trinajstić information content (AvgIpc) is 2.69. The first kappa shape index (κ1) is 12.3. The molecule has 1 rings (SSSR count). The third kappa shape index (κ3) is 2.41. The van der Waals surface area contributed by atoms with Crippen LogP contribution in [0, 0.1) is 0 Å². The quantitative estimate of drug-likeness (QED) is 0.543. The smallest absolute Gasteiger partial charge is 0.0711 e. The lowest BCUT2D eigenvalue weighted by atomic mass is 10.0. The molecule has 0 aromatic heterocycles. The molecule has 0 aromatic rings. The molecule has 1 atom stereocenters. The number of hydrazine groups is 1. The third-order valence-corrected chi connectivity index (χ3v) is 2.39. The van der Waals surface area contributed by atoms with Crippen LogP contribution in [0.4, 0.5) is 0 Å². The van der Waals surface area contributed by atoms with Crippen LogP contribution in [0.25, 0.3) is 0 Å². The first-order valence-electron chi connectivity index (χ1n) is 5.25. The molecule has 0 amide bonds. The molecule has 2 N–H and O–H groups in total. The van der Waals surface area contributed by atoms with E-state index in [0.717, 1.165) is 16.8 Å². The van der Waals surface area contributed by atoms with Crippen LogP contribution in [0.15, 0.2) is 73.0 Å². The van der Waals surface area contributed by atoms with Gasteiger partial charge < -0.3 is 5.43 Å². The highest BCUT2D eigenvalue weighted by molar-refractivity contribution is 5.50. The van der Waals surface area contributed by atoms with Gasteiger partial charge in [-0.15, -0.1) is 0 Å². The monoisotopic (exact) mass is 214 g/mol. The molecule has 0 radical (unpaired) electrons. The van der Waals surface area contributed by atoms with Crippen LogP contribution in [-0.4, -0.2) is 6.04 Å². The van der Waals surface area contributed by atoms with E-state index >= 15 is 0 Å². The zero-order valence-corrected chi connectivity index (χ0v) is 9.66. The molecule has 1 heterocycles. The van der Waals surface area contributed by atoms with Crippen molar-refractivity contribution in [2.24, 2.45) is 0 Å². The molecule has 0 spiro atoms. The first-order valence-corrected chi connectivity index (χ1v) is 5.25. The number of hydrogen-bond acceptors (Lipinski definition) is 2. The summed E-state index contributed by atoms with van der Waals surface area (Å²) in [6.45, 7) is 13.3. The molecule has 0 bridgehead atoms. The van der Waals surface area contributed by atoms with Gasteiger partial charge in [0.25, 0.3) is 0 Å². The standard InChI is InChI=1S/C14H18N2/c1-5-9-11(7-3)14-12(8-4)13(10-6-2)15-16-14/h5-10,13,15-16H,1,3-4H2,2H3/b10-6-,11-9+. The van der Waals surface area contributed by atoms with Crippen LogP contribution >= 0.6 is 0 Å². The molecule has 2 heteroatoms. The van der Waals surface area contributed by atoms with Crippen LogP contribution in [0.2, 0.25) is 0 Å². The second-order valence-electron chi connectivity index (χ2n) is 3.37. The lowest BCUT2D eigenvalue weighted by molar-refractivity contribution is 0.639. The van der Waals surface area contributed by atoms with Crippen molar-refractivity contribution in [2.75, 3.05) is 0 Å². The molecular weight excluding hydrogens is 196 g/mol. The summed E-state index contributed by atoms with van der Waals surface area (Å²) in [6, 6.07) is 0.158. The Morgan fingerprint density at radius 1 is 1.31 bits per heavy atom. The van der Waals surface area contributed by atoms with Crippen molar-refractivity contribution in [1.82, 2.24) is 10.9 Å². The fraction of sp³-hybridized carbons (Fsp3) is 0.143. The van der Waals surface area contributed by atoms with Crippen molar-refractivity contribution in [1.29, 1.82) is 0 Å². The summed E-state index contributed by atoms with van der Waals surface area (Å²) in [4.78, 5) is 0. The Hall–Kier alpha value is -1.80. The zero-order valence-electron chi connectivity index (χ0n) is 9.66. The van der Waals surface area contributed by atoms with E-state index in [1.54, 1.807) is 12.2 Å². The van der Waals surface area contributed by atoms with Gasteiger partial charge in [-0.1, -0.05) is 56.2 Å². The van der Waals surface area contributed by atoms with Crippen LogP contribution in [-0.2, 0) is 0 Å². The molecule has 2 nitrogen and oxygen atoms in total. The molecule has 0 saturated carbocycles. The molecule has 0 fully saturated rings. The van der Waals surface area contributed by atoms with E-state index in [1.165, 1.54) is 0 Å². The lowest BCUT2D eigenvalue weighted by Crippen LogP contribution is -2.31. The number of nitrogens with one attached hydrogen (secondary N) is 2. The number of rotatable bonds is 5. The van der Waals surface area contributed by atoms with Gasteiger partial charge in [0.05, 0.1) is 11.7 Å². The molecule has 1 unspecified atom stereocenters. The van der Waals surface area contributed by atoms with Gasteiger partial charge in [0, 0.05) is 0 Å². The zero-order chi connectivity index (χ0) is 12.0. The van der Waals surface area contributed by atoms with E-state index in [1.807, 2.05) is 25.2 Å². The van der Waals surface area contributed by atoms with Crippen molar-refractivity contribution in [3.63, 3.8) is 0 Å². The van der Waals surface area contributed by atoms with Gasteiger partial charge in [-0.05, 0) is 18.1 Å². The lowest BCUT2D eigenvalue weighted by Gasteiger charge is -2.04. The van der Waals surface area contributed by atoms with E-state index < -0.39 is 0 Å².